The smallest absolute Gasteiger partial charge is 0.161 e. The first kappa shape index (κ1) is 19.3. The molecule has 0 spiro atoms. The maximum absolute atomic E-state index is 11.5. The first-order valence-electron chi connectivity index (χ1n) is 8.81. The summed E-state index contributed by atoms with van der Waals surface area (Å²) in [6.07, 6.45) is 2.11. The molecule has 0 radical (unpaired) electrons. The minimum atomic E-state index is -0.0951. The molecule has 3 aromatic rings. The van der Waals surface area contributed by atoms with Gasteiger partial charge in [-0.2, -0.15) is 0 Å². The highest BCUT2D eigenvalue weighted by molar-refractivity contribution is 6.39. The quantitative estimate of drug-likeness (QED) is 0.392. The summed E-state index contributed by atoms with van der Waals surface area (Å²) in [6, 6.07) is 10.3. The van der Waals surface area contributed by atoms with Gasteiger partial charge in [0.15, 0.2) is 5.78 Å². The molecule has 0 aliphatic heterocycles. The third-order valence-electron chi connectivity index (χ3n) is 4.67. The summed E-state index contributed by atoms with van der Waals surface area (Å²) in [6.45, 7) is 1.70. The Hall–Kier alpha value is -2.01. The second-order valence-corrected chi connectivity index (χ2v) is 7.95. The van der Waals surface area contributed by atoms with Crippen LogP contribution in [0.4, 0.5) is 0 Å². The molecule has 1 aliphatic carbocycles. The van der Waals surface area contributed by atoms with Crippen molar-refractivity contribution in [1.82, 2.24) is 5.16 Å². The maximum Gasteiger partial charge on any atom is 0.161 e. The molecule has 144 valence electrons. The van der Waals surface area contributed by atoms with E-state index < -0.39 is 0 Å². The first-order chi connectivity index (χ1) is 13.5. The van der Waals surface area contributed by atoms with Gasteiger partial charge in [0.25, 0.3) is 0 Å². The number of aromatic nitrogens is 1. The fraction of sp³-hybridized carbons (Fsp3) is 0.238. The van der Waals surface area contributed by atoms with Crippen LogP contribution in [0.2, 0.25) is 15.1 Å². The van der Waals surface area contributed by atoms with E-state index in [1.807, 2.05) is 0 Å². The van der Waals surface area contributed by atoms with Crippen LogP contribution in [-0.2, 0) is 6.61 Å². The molecule has 1 heterocycles. The van der Waals surface area contributed by atoms with E-state index in [2.05, 4.69) is 5.16 Å². The molecule has 7 heteroatoms. The number of carbonyl (C=O) groups is 1. The third-order valence-corrected chi connectivity index (χ3v) is 5.61. The van der Waals surface area contributed by atoms with Crippen LogP contribution in [0.1, 0.15) is 47.4 Å². The van der Waals surface area contributed by atoms with Crippen molar-refractivity contribution in [2.45, 2.75) is 32.3 Å². The van der Waals surface area contributed by atoms with Gasteiger partial charge in [-0.25, -0.2) is 0 Å². The SMILES string of the molecule is CC(=O)c1ccc(OCc2c(-c3c(Cl)cccc3Cl)noc2C2CC2)cc1Cl. The van der Waals surface area contributed by atoms with E-state index in [1.165, 1.54) is 6.92 Å². The topological polar surface area (TPSA) is 52.3 Å². The van der Waals surface area contributed by atoms with Crippen molar-refractivity contribution < 1.29 is 14.1 Å². The molecule has 1 fully saturated rings. The largest absolute Gasteiger partial charge is 0.489 e. The predicted molar refractivity (Wildman–Crippen MR) is 110 cm³/mol. The molecule has 0 bridgehead atoms. The van der Waals surface area contributed by atoms with Crippen molar-refractivity contribution in [3.8, 4) is 17.0 Å². The maximum atomic E-state index is 11.5. The number of hydrogen-bond donors (Lipinski definition) is 0. The van der Waals surface area contributed by atoms with Crippen LogP contribution < -0.4 is 4.74 Å². The van der Waals surface area contributed by atoms with Crippen LogP contribution in [0.3, 0.4) is 0 Å². The Morgan fingerprint density at radius 2 is 1.86 bits per heavy atom. The lowest BCUT2D eigenvalue weighted by Gasteiger charge is -2.10. The molecule has 0 atom stereocenters. The van der Waals surface area contributed by atoms with Gasteiger partial charge in [-0.3, -0.25) is 4.79 Å². The van der Waals surface area contributed by atoms with E-state index in [0.717, 1.165) is 24.2 Å². The number of Topliss-reactive ketones (excluding diaryl/α,β-unsaturated/α-hetero) is 1. The Balaban J connectivity index is 1.67. The van der Waals surface area contributed by atoms with Gasteiger partial charge in [-0.15, -0.1) is 0 Å². The molecule has 1 aliphatic rings. The van der Waals surface area contributed by atoms with Crippen LogP contribution in [-0.4, -0.2) is 10.9 Å². The summed E-state index contributed by atoms with van der Waals surface area (Å²) < 4.78 is 11.6. The Labute approximate surface area is 177 Å². The van der Waals surface area contributed by atoms with Gasteiger partial charge in [0.2, 0.25) is 0 Å². The van der Waals surface area contributed by atoms with Gasteiger partial charge in [-0.1, -0.05) is 46.0 Å². The molecule has 0 amide bonds. The molecule has 2 aromatic carbocycles. The highest BCUT2D eigenvalue weighted by Gasteiger charge is 2.33. The standard InChI is InChI=1S/C21H16Cl3NO3/c1-11(26)14-8-7-13(9-18(14)24)27-10-15-20(25-28-21(15)12-5-6-12)19-16(22)3-2-4-17(19)23/h2-4,7-9,12H,5-6,10H2,1H3. The van der Waals surface area contributed by atoms with Crippen molar-refractivity contribution in [1.29, 1.82) is 0 Å². The number of hydrogen-bond acceptors (Lipinski definition) is 4. The van der Waals surface area contributed by atoms with Crippen molar-refractivity contribution in [3.63, 3.8) is 0 Å². The number of rotatable bonds is 6. The van der Waals surface area contributed by atoms with E-state index in [9.17, 15) is 4.79 Å². The third kappa shape index (κ3) is 3.77. The molecule has 0 N–H and O–H groups in total. The highest BCUT2D eigenvalue weighted by Crippen LogP contribution is 2.46. The molecule has 28 heavy (non-hydrogen) atoms. The number of benzene rings is 2. The van der Waals surface area contributed by atoms with E-state index >= 15 is 0 Å². The van der Waals surface area contributed by atoms with Gasteiger partial charge < -0.3 is 9.26 Å². The van der Waals surface area contributed by atoms with Crippen molar-refractivity contribution in [3.05, 3.63) is 68.4 Å². The summed E-state index contributed by atoms with van der Waals surface area (Å²) >= 11 is 18.9. The second-order valence-electron chi connectivity index (χ2n) is 6.73. The normalized spacial score (nSPS) is 13.6. The van der Waals surface area contributed by atoms with Gasteiger partial charge in [-0.05, 0) is 50.1 Å². The zero-order valence-corrected chi connectivity index (χ0v) is 17.2. The lowest BCUT2D eigenvalue weighted by atomic mass is 10.0. The molecule has 4 rings (SSSR count). The van der Waals surface area contributed by atoms with Gasteiger partial charge in [0.1, 0.15) is 23.8 Å². The molecule has 1 aromatic heterocycles. The number of halogens is 3. The average Bonchev–Trinajstić information content (AvgIpc) is 3.40. The van der Waals surface area contributed by atoms with Crippen LogP contribution in [0.5, 0.6) is 5.75 Å². The van der Waals surface area contributed by atoms with Crippen LogP contribution in [0.25, 0.3) is 11.3 Å². The molecular formula is C21H16Cl3NO3. The summed E-state index contributed by atoms with van der Waals surface area (Å²) in [7, 11) is 0. The molecule has 0 unspecified atom stereocenters. The van der Waals surface area contributed by atoms with Gasteiger partial charge in [0, 0.05) is 17.0 Å². The predicted octanol–water partition coefficient (Wildman–Crippen LogP) is 6.96. The second kappa shape index (κ2) is 7.78. The summed E-state index contributed by atoms with van der Waals surface area (Å²) in [5.74, 6) is 1.60. The number of ketones is 1. The van der Waals surface area contributed by atoms with Crippen LogP contribution in [0, 0.1) is 0 Å². The fourth-order valence-corrected chi connectivity index (χ4v) is 3.95. The van der Waals surface area contributed by atoms with Crippen molar-refractivity contribution in [2.75, 3.05) is 0 Å². The minimum Gasteiger partial charge on any atom is -0.489 e. The van der Waals surface area contributed by atoms with E-state index in [1.54, 1.807) is 36.4 Å². The number of ether oxygens (including phenoxy) is 1. The molecule has 1 saturated carbocycles. The summed E-state index contributed by atoms with van der Waals surface area (Å²) in [5, 5.41) is 5.59. The molecule has 0 saturated heterocycles. The van der Waals surface area contributed by atoms with Crippen molar-refractivity contribution >= 4 is 40.6 Å². The fourth-order valence-electron chi connectivity index (χ4n) is 3.07. The monoisotopic (exact) mass is 435 g/mol. The van der Waals surface area contributed by atoms with Crippen molar-refractivity contribution in [2.24, 2.45) is 0 Å². The highest BCUT2D eigenvalue weighted by atomic mass is 35.5. The Morgan fingerprint density at radius 1 is 1.14 bits per heavy atom. The van der Waals surface area contributed by atoms with E-state index in [0.29, 0.717) is 43.6 Å². The number of carbonyl (C=O) groups excluding carboxylic acids is 1. The number of nitrogens with zero attached hydrogens (tertiary/aromatic N) is 1. The Bertz CT molecular complexity index is 1040. The zero-order valence-electron chi connectivity index (χ0n) is 15.0. The lowest BCUT2D eigenvalue weighted by molar-refractivity contribution is 0.101. The van der Waals surface area contributed by atoms with E-state index in [4.69, 9.17) is 44.1 Å². The lowest BCUT2D eigenvalue weighted by Crippen LogP contribution is -2.01. The zero-order chi connectivity index (χ0) is 19.8. The van der Waals surface area contributed by atoms with E-state index in [-0.39, 0.29) is 12.4 Å². The Kier molecular flexibility index (Phi) is 5.37. The van der Waals surface area contributed by atoms with Crippen LogP contribution >= 0.6 is 34.8 Å². The van der Waals surface area contributed by atoms with Crippen LogP contribution in [0.15, 0.2) is 40.9 Å². The van der Waals surface area contributed by atoms with Gasteiger partial charge in [0.05, 0.1) is 20.6 Å². The summed E-state index contributed by atoms with van der Waals surface area (Å²) in [5.41, 5.74) is 2.50. The molecule has 4 nitrogen and oxygen atoms in total. The molecular weight excluding hydrogens is 421 g/mol. The minimum absolute atomic E-state index is 0.0951. The first-order valence-corrected chi connectivity index (χ1v) is 9.95. The average molecular weight is 437 g/mol. The van der Waals surface area contributed by atoms with Gasteiger partial charge >= 0.3 is 0 Å². The summed E-state index contributed by atoms with van der Waals surface area (Å²) in [4.78, 5) is 11.5. The Morgan fingerprint density at radius 3 is 2.46 bits per heavy atom.